The molecule has 8 heteroatoms. The number of aliphatic hydroxyl groups excluding tert-OH is 1. The number of aliphatic hydroxyl groups is 1. The van der Waals surface area contributed by atoms with Crippen molar-refractivity contribution < 1.29 is 29.0 Å². The lowest BCUT2D eigenvalue weighted by Gasteiger charge is -2.35. The number of hydrogen-bond donors (Lipinski definition) is 2. The molecule has 0 aliphatic carbocycles. The molecule has 3 aliphatic heterocycles. The minimum Gasteiger partial charge on any atom is -0.466 e. The van der Waals surface area contributed by atoms with E-state index in [1.165, 1.54) is 4.90 Å². The molecule has 8 nitrogen and oxygen atoms in total. The fourth-order valence-corrected chi connectivity index (χ4v) is 5.34. The number of nitrogens with zero attached hydrogens (tertiary/aromatic N) is 1. The number of rotatable bonds is 7. The Bertz CT molecular complexity index is 830. The molecule has 4 rings (SSSR count). The number of ether oxygens (including phenoxy) is 2. The molecule has 0 saturated carbocycles. The molecule has 1 aromatic carbocycles. The van der Waals surface area contributed by atoms with Gasteiger partial charge in [0.1, 0.15) is 11.6 Å². The van der Waals surface area contributed by atoms with Crippen LogP contribution in [0.5, 0.6) is 0 Å². The van der Waals surface area contributed by atoms with Gasteiger partial charge in [-0.25, -0.2) is 0 Å². The Morgan fingerprint density at radius 1 is 1.37 bits per heavy atom. The first-order chi connectivity index (χ1) is 14.4. The van der Waals surface area contributed by atoms with Crippen LogP contribution in [0.3, 0.4) is 0 Å². The van der Waals surface area contributed by atoms with Crippen molar-refractivity contribution in [1.82, 2.24) is 10.2 Å². The molecule has 3 fully saturated rings. The summed E-state index contributed by atoms with van der Waals surface area (Å²) in [4.78, 5) is 40.8. The van der Waals surface area contributed by atoms with Crippen molar-refractivity contribution >= 4 is 17.8 Å². The Labute approximate surface area is 175 Å². The minimum atomic E-state index is -1.07. The van der Waals surface area contributed by atoms with Crippen LogP contribution in [0.4, 0.5) is 0 Å². The molecule has 162 valence electrons. The van der Waals surface area contributed by atoms with Gasteiger partial charge in [-0.3, -0.25) is 14.4 Å². The minimum absolute atomic E-state index is 0.216. The van der Waals surface area contributed by atoms with Crippen molar-refractivity contribution in [3.63, 3.8) is 0 Å². The maximum atomic E-state index is 13.4. The van der Waals surface area contributed by atoms with Gasteiger partial charge in [-0.2, -0.15) is 0 Å². The van der Waals surface area contributed by atoms with Crippen molar-refractivity contribution in [2.45, 2.75) is 57.0 Å². The van der Waals surface area contributed by atoms with E-state index in [1.807, 2.05) is 30.3 Å². The summed E-state index contributed by atoms with van der Waals surface area (Å²) in [6.07, 6.45) is 0.688. The van der Waals surface area contributed by atoms with E-state index in [-0.39, 0.29) is 25.0 Å². The van der Waals surface area contributed by atoms with Crippen LogP contribution in [0.2, 0.25) is 0 Å². The zero-order valence-corrected chi connectivity index (χ0v) is 17.2. The summed E-state index contributed by atoms with van der Waals surface area (Å²) >= 11 is 0. The first kappa shape index (κ1) is 20.8. The highest BCUT2D eigenvalue weighted by Crippen LogP contribution is 2.58. The van der Waals surface area contributed by atoms with Crippen LogP contribution in [0, 0.1) is 11.8 Å². The number of likely N-dealkylation sites (tertiary alicyclic amines) is 1. The molecule has 1 spiro atoms. The van der Waals surface area contributed by atoms with Crippen LogP contribution < -0.4 is 5.32 Å². The van der Waals surface area contributed by atoms with Crippen LogP contribution in [0.1, 0.15) is 32.3 Å². The van der Waals surface area contributed by atoms with Gasteiger partial charge < -0.3 is 24.8 Å². The van der Waals surface area contributed by atoms with Gasteiger partial charge in [0.2, 0.25) is 11.8 Å². The maximum Gasteiger partial charge on any atom is 0.312 e. The monoisotopic (exact) mass is 416 g/mol. The van der Waals surface area contributed by atoms with Crippen LogP contribution >= 0.6 is 0 Å². The largest absolute Gasteiger partial charge is 0.466 e. The average molecular weight is 416 g/mol. The number of hydrogen-bond acceptors (Lipinski definition) is 6. The molecule has 1 aromatic rings. The van der Waals surface area contributed by atoms with Gasteiger partial charge in [0.15, 0.2) is 0 Å². The Hall–Kier alpha value is -2.45. The molecule has 3 aliphatic rings. The number of amides is 2. The normalized spacial score (nSPS) is 32.8. The van der Waals surface area contributed by atoms with Crippen molar-refractivity contribution in [3.8, 4) is 0 Å². The lowest BCUT2D eigenvalue weighted by atomic mass is 9.71. The van der Waals surface area contributed by atoms with Crippen molar-refractivity contribution in [3.05, 3.63) is 35.9 Å². The molecule has 6 atom stereocenters. The smallest absolute Gasteiger partial charge is 0.312 e. The zero-order chi connectivity index (χ0) is 21.5. The highest BCUT2D eigenvalue weighted by Gasteiger charge is 2.75. The predicted octanol–water partition coefficient (Wildman–Crippen LogP) is 0.621. The Balaban J connectivity index is 1.65. The molecular formula is C22H28N2O6. The number of carbonyl (C=O) groups is 3. The van der Waals surface area contributed by atoms with Gasteiger partial charge in [0, 0.05) is 6.54 Å². The molecular weight excluding hydrogens is 388 g/mol. The lowest BCUT2D eigenvalue weighted by Crippen LogP contribution is -2.57. The Morgan fingerprint density at radius 3 is 2.77 bits per heavy atom. The number of carbonyl (C=O) groups excluding carboxylic acids is 3. The highest BCUT2D eigenvalue weighted by atomic mass is 16.6. The topological polar surface area (TPSA) is 105 Å². The van der Waals surface area contributed by atoms with Gasteiger partial charge in [0.25, 0.3) is 0 Å². The van der Waals surface area contributed by atoms with E-state index < -0.39 is 41.6 Å². The standard InChI is InChI=1S/C22H28N2O6/c1-3-29-21(28)16-15-9-10-22(30-15)17(16)20(27)24(13(2)12-25)18(22)19(26)23-11-14-7-5-4-6-8-14/h4-8,13,15-18,25H,3,9-12H2,1-2H3,(H,23,26)/t13-,15+,16-,17-,18+,22-/m1/s1. The number of benzene rings is 1. The molecule has 3 heterocycles. The van der Waals surface area contributed by atoms with E-state index in [4.69, 9.17) is 9.47 Å². The summed E-state index contributed by atoms with van der Waals surface area (Å²) in [7, 11) is 0. The van der Waals surface area contributed by atoms with Gasteiger partial charge in [-0.1, -0.05) is 30.3 Å². The van der Waals surface area contributed by atoms with E-state index in [1.54, 1.807) is 13.8 Å². The van der Waals surface area contributed by atoms with Crippen LogP contribution in [-0.4, -0.2) is 64.8 Å². The van der Waals surface area contributed by atoms with E-state index >= 15 is 0 Å². The summed E-state index contributed by atoms with van der Waals surface area (Å²) in [6.45, 7) is 3.66. The van der Waals surface area contributed by atoms with Crippen molar-refractivity contribution in [2.75, 3.05) is 13.2 Å². The van der Waals surface area contributed by atoms with Crippen molar-refractivity contribution in [2.24, 2.45) is 11.8 Å². The van der Waals surface area contributed by atoms with Gasteiger partial charge >= 0.3 is 5.97 Å². The molecule has 0 aromatic heterocycles. The van der Waals surface area contributed by atoms with Crippen LogP contribution in [0.25, 0.3) is 0 Å². The number of esters is 1. The summed E-state index contributed by atoms with van der Waals surface area (Å²) in [5.74, 6) is -2.59. The summed E-state index contributed by atoms with van der Waals surface area (Å²) < 4.78 is 11.5. The lowest BCUT2D eigenvalue weighted by molar-refractivity contribution is -0.155. The van der Waals surface area contributed by atoms with Gasteiger partial charge in [-0.05, 0) is 32.3 Å². The highest BCUT2D eigenvalue weighted by molar-refractivity contribution is 5.98. The zero-order valence-electron chi connectivity index (χ0n) is 17.2. The van der Waals surface area contributed by atoms with Crippen LogP contribution in [-0.2, 0) is 30.4 Å². The summed E-state index contributed by atoms with van der Waals surface area (Å²) in [6, 6.07) is 8.02. The van der Waals surface area contributed by atoms with E-state index in [9.17, 15) is 19.5 Å². The fraction of sp³-hybridized carbons (Fsp3) is 0.591. The molecule has 2 amide bonds. The third-order valence-corrected chi connectivity index (χ3v) is 6.59. The predicted molar refractivity (Wildman–Crippen MR) is 106 cm³/mol. The third-order valence-electron chi connectivity index (χ3n) is 6.59. The Morgan fingerprint density at radius 2 is 2.10 bits per heavy atom. The second-order valence-corrected chi connectivity index (χ2v) is 8.29. The molecule has 30 heavy (non-hydrogen) atoms. The van der Waals surface area contributed by atoms with Crippen molar-refractivity contribution in [1.29, 1.82) is 0 Å². The number of nitrogens with one attached hydrogen (secondary N) is 1. The molecule has 0 unspecified atom stereocenters. The summed E-state index contributed by atoms with van der Waals surface area (Å²) in [5.41, 5.74) is -0.129. The van der Waals surface area contributed by atoms with Crippen LogP contribution in [0.15, 0.2) is 30.3 Å². The average Bonchev–Trinajstić information content (AvgIpc) is 3.39. The second kappa shape index (κ2) is 8.00. The SMILES string of the molecule is CCOC(=O)[C@@H]1[C@@H]2CC[C@]3(O2)[C@H](C(=O)NCc2ccccc2)N([C@H](C)CO)C(=O)[C@@H]13. The van der Waals surface area contributed by atoms with E-state index in [0.29, 0.717) is 19.4 Å². The maximum absolute atomic E-state index is 13.4. The molecule has 2 bridgehead atoms. The quantitative estimate of drug-likeness (QED) is 0.632. The van der Waals surface area contributed by atoms with Gasteiger partial charge in [0.05, 0.1) is 37.2 Å². The summed E-state index contributed by atoms with van der Waals surface area (Å²) in [5, 5.41) is 12.7. The van der Waals surface area contributed by atoms with Gasteiger partial charge in [-0.15, -0.1) is 0 Å². The number of fused-ring (bicyclic) bond motifs is 1. The van der Waals surface area contributed by atoms with E-state index in [0.717, 1.165) is 5.56 Å². The Kier molecular flexibility index (Phi) is 5.55. The second-order valence-electron chi connectivity index (χ2n) is 8.29. The first-order valence-corrected chi connectivity index (χ1v) is 10.5. The fourth-order valence-electron chi connectivity index (χ4n) is 5.34. The van der Waals surface area contributed by atoms with E-state index in [2.05, 4.69) is 5.32 Å². The molecule has 0 radical (unpaired) electrons. The first-order valence-electron chi connectivity index (χ1n) is 10.5. The molecule has 3 saturated heterocycles. The molecule has 2 N–H and O–H groups in total. The third kappa shape index (κ3) is 3.09.